The molecule has 0 spiro atoms. The average molecular weight is 767 g/mol. The zero-order valence-electron chi connectivity index (χ0n) is 32.6. The lowest BCUT2D eigenvalue weighted by Gasteiger charge is -2.29. The van der Waals surface area contributed by atoms with E-state index in [9.17, 15) is 0 Å². The summed E-state index contributed by atoms with van der Waals surface area (Å²) in [5.41, 5.74) is 0. The lowest BCUT2D eigenvalue weighted by molar-refractivity contribution is 0.0705. The van der Waals surface area contributed by atoms with Gasteiger partial charge in [0.05, 0.1) is 0 Å². The summed E-state index contributed by atoms with van der Waals surface area (Å²) < 4.78 is 67.6. The molecule has 0 aromatic heterocycles. The van der Waals surface area contributed by atoms with E-state index < -0.39 is 35.2 Å². The summed E-state index contributed by atoms with van der Waals surface area (Å²) >= 11 is 0. The molecule has 0 atom stereocenters. The molecule has 0 rings (SSSR count). The standard InChI is InChI=1S/C18H43NO6Si2.C12H31NO6Si2/c1-7-20-26(21-8-2,22-9-3)17-13-15-19-16-14-18-27(23-10-4,24-11-5)25-12-6;1-14-20(15-2,16-3)11-7-9-13-10-8-12-21(17-4,18-5)19-6/h19H,7-18H2,1-6H3;13H,7-12H2,1-6H3. The van der Waals surface area contributed by atoms with Crippen molar-refractivity contribution in [3.05, 3.63) is 0 Å². The number of hydrogen-bond donors (Lipinski definition) is 2. The number of nitrogens with one attached hydrogen (secondary N) is 2. The van der Waals surface area contributed by atoms with Gasteiger partial charge in [-0.2, -0.15) is 0 Å². The Labute approximate surface area is 298 Å². The normalized spacial score (nSPS) is 12.8. The van der Waals surface area contributed by atoms with Gasteiger partial charge in [-0.3, -0.25) is 0 Å². The van der Waals surface area contributed by atoms with E-state index in [-0.39, 0.29) is 0 Å². The van der Waals surface area contributed by atoms with Crippen LogP contribution in [0, 0.1) is 0 Å². The molecule has 292 valence electrons. The van der Waals surface area contributed by atoms with Crippen LogP contribution in [-0.4, -0.2) is 144 Å². The van der Waals surface area contributed by atoms with E-state index in [4.69, 9.17) is 53.1 Å². The zero-order chi connectivity index (χ0) is 36.6. The molecule has 0 bridgehead atoms. The van der Waals surface area contributed by atoms with E-state index in [1.807, 2.05) is 41.5 Å². The van der Waals surface area contributed by atoms with Crippen molar-refractivity contribution in [2.45, 2.75) is 91.4 Å². The monoisotopic (exact) mass is 766 g/mol. The minimum absolute atomic E-state index is 0.624. The third-order valence-corrected chi connectivity index (χ3v) is 19.4. The lowest BCUT2D eigenvalue weighted by Crippen LogP contribution is -2.46. The second kappa shape index (κ2) is 32.0. The summed E-state index contributed by atoms with van der Waals surface area (Å²) in [6.45, 7) is 19.3. The van der Waals surface area contributed by atoms with Crippen LogP contribution in [0.1, 0.15) is 67.2 Å². The summed E-state index contributed by atoms with van der Waals surface area (Å²) in [4.78, 5) is 0. The van der Waals surface area contributed by atoms with Gasteiger partial charge in [-0.05, 0) is 93.4 Å². The Morgan fingerprint density at radius 2 is 0.500 bits per heavy atom. The Morgan fingerprint density at radius 1 is 0.312 bits per heavy atom. The van der Waals surface area contributed by atoms with E-state index in [1.165, 1.54) is 0 Å². The molecule has 0 amide bonds. The predicted molar refractivity (Wildman–Crippen MR) is 198 cm³/mol. The van der Waals surface area contributed by atoms with E-state index >= 15 is 0 Å². The second-order valence-electron chi connectivity index (χ2n) is 10.5. The fourth-order valence-corrected chi connectivity index (χ4v) is 13.8. The topological polar surface area (TPSA) is 135 Å². The largest absolute Gasteiger partial charge is 0.500 e. The van der Waals surface area contributed by atoms with Crippen LogP contribution in [0.3, 0.4) is 0 Å². The molecule has 0 aliphatic rings. The molecule has 18 heteroatoms. The molecule has 2 N–H and O–H groups in total. The highest BCUT2D eigenvalue weighted by Gasteiger charge is 2.41. The van der Waals surface area contributed by atoms with Gasteiger partial charge in [0.25, 0.3) is 0 Å². The fourth-order valence-electron chi connectivity index (χ4n) is 5.08. The van der Waals surface area contributed by atoms with Gasteiger partial charge in [-0.15, -0.1) is 0 Å². The second-order valence-corrected chi connectivity index (χ2v) is 22.1. The van der Waals surface area contributed by atoms with Crippen LogP contribution < -0.4 is 10.6 Å². The first-order valence-electron chi connectivity index (χ1n) is 17.7. The van der Waals surface area contributed by atoms with Gasteiger partial charge in [-0.25, -0.2) is 0 Å². The summed E-state index contributed by atoms with van der Waals surface area (Å²) in [5.74, 6) is 0. The quantitative estimate of drug-likeness (QED) is 0.0700. The maximum Gasteiger partial charge on any atom is 0.500 e. The summed E-state index contributed by atoms with van der Waals surface area (Å²) in [7, 11) is -0.0750. The fraction of sp³-hybridized carbons (Fsp3) is 1.00. The lowest BCUT2D eigenvalue weighted by atomic mass is 10.4. The van der Waals surface area contributed by atoms with Gasteiger partial charge in [0.2, 0.25) is 0 Å². The maximum atomic E-state index is 5.89. The molecule has 0 saturated heterocycles. The van der Waals surface area contributed by atoms with Crippen molar-refractivity contribution in [1.29, 1.82) is 0 Å². The Morgan fingerprint density at radius 3 is 0.667 bits per heavy atom. The predicted octanol–water partition coefficient (Wildman–Crippen LogP) is 4.57. The molecule has 0 aromatic carbocycles. The van der Waals surface area contributed by atoms with Crippen LogP contribution in [0.25, 0.3) is 0 Å². The Kier molecular flexibility index (Phi) is 33.6. The summed E-state index contributed by atoms with van der Waals surface area (Å²) in [6.07, 6.45) is 3.83. The molecular formula is C30H74N2O12Si4. The Balaban J connectivity index is 0. The van der Waals surface area contributed by atoms with Gasteiger partial charge in [-0.1, -0.05) is 0 Å². The van der Waals surface area contributed by atoms with Crippen molar-refractivity contribution >= 4 is 35.2 Å². The molecule has 0 aliphatic carbocycles. The molecule has 0 heterocycles. The molecule has 14 nitrogen and oxygen atoms in total. The third kappa shape index (κ3) is 21.6. The van der Waals surface area contributed by atoms with Gasteiger partial charge in [0, 0.05) is 106 Å². The number of rotatable bonds is 34. The third-order valence-electron chi connectivity index (χ3n) is 7.40. The first kappa shape index (κ1) is 50.4. The first-order valence-corrected chi connectivity index (χ1v) is 25.4. The van der Waals surface area contributed by atoms with Crippen molar-refractivity contribution in [2.75, 3.05) is 108 Å². The van der Waals surface area contributed by atoms with Crippen LogP contribution >= 0.6 is 0 Å². The zero-order valence-corrected chi connectivity index (χ0v) is 36.6. The van der Waals surface area contributed by atoms with Crippen molar-refractivity contribution < 1.29 is 53.1 Å². The minimum Gasteiger partial charge on any atom is -0.377 e. The molecule has 0 radical (unpaired) electrons. The molecule has 0 aromatic rings. The molecule has 0 unspecified atom stereocenters. The molecule has 48 heavy (non-hydrogen) atoms. The van der Waals surface area contributed by atoms with Crippen LogP contribution in [0.2, 0.25) is 24.2 Å². The first-order chi connectivity index (χ1) is 23.1. The van der Waals surface area contributed by atoms with Gasteiger partial charge < -0.3 is 63.7 Å². The van der Waals surface area contributed by atoms with Crippen molar-refractivity contribution in [1.82, 2.24) is 10.6 Å². The Hall–Kier alpha value is 0.308. The van der Waals surface area contributed by atoms with E-state index in [0.717, 1.165) is 76.0 Å². The highest BCUT2D eigenvalue weighted by atomic mass is 28.4. The van der Waals surface area contributed by atoms with Crippen LogP contribution in [-0.2, 0) is 53.1 Å². The van der Waals surface area contributed by atoms with Crippen LogP contribution in [0.15, 0.2) is 0 Å². The van der Waals surface area contributed by atoms with Gasteiger partial charge in [0.15, 0.2) is 0 Å². The minimum atomic E-state index is -2.52. The van der Waals surface area contributed by atoms with Crippen LogP contribution in [0.4, 0.5) is 0 Å². The molecule has 0 fully saturated rings. The highest BCUT2D eigenvalue weighted by molar-refractivity contribution is 6.61. The Bertz CT molecular complexity index is 598. The SMILES string of the molecule is CCO[Si](CCCNCCC[Si](OCC)(OCC)OCC)(OCC)OCC.CO[Si](CCCNCCC[Si](OC)(OC)OC)(OC)OC. The maximum absolute atomic E-state index is 5.89. The van der Waals surface area contributed by atoms with E-state index in [0.29, 0.717) is 39.6 Å². The van der Waals surface area contributed by atoms with E-state index in [2.05, 4.69) is 10.6 Å². The smallest absolute Gasteiger partial charge is 0.377 e. The van der Waals surface area contributed by atoms with Crippen LogP contribution in [0.5, 0.6) is 0 Å². The average Bonchev–Trinajstić information content (AvgIpc) is 3.09. The van der Waals surface area contributed by atoms with Crippen molar-refractivity contribution in [2.24, 2.45) is 0 Å². The molecular weight excluding hydrogens is 693 g/mol. The number of hydrogen-bond acceptors (Lipinski definition) is 14. The molecule has 0 saturated carbocycles. The summed E-state index contributed by atoms with van der Waals surface area (Å²) in [5, 5.41) is 6.88. The van der Waals surface area contributed by atoms with Gasteiger partial charge >= 0.3 is 35.2 Å². The summed E-state index contributed by atoms with van der Waals surface area (Å²) in [6, 6.07) is 3.28. The highest BCUT2D eigenvalue weighted by Crippen LogP contribution is 2.20. The van der Waals surface area contributed by atoms with Gasteiger partial charge in [0.1, 0.15) is 0 Å². The van der Waals surface area contributed by atoms with E-state index in [1.54, 1.807) is 42.7 Å². The van der Waals surface area contributed by atoms with Crippen molar-refractivity contribution in [3.8, 4) is 0 Å². The molecule has 0 aliphatic heterocycles. The van der Waals surface area contributed by atoms with Crippen molar-refractivity contribution in [3.63, 3.8) is 0 Å².